The van der Waals surface area contributed by atoms with Gasteiger partial charge in [-0.2, -0.15) is 0 Å². The Morgan fingerprint density at radius 2 is 2.23 bits per heavy atom. The maximum atomic E-state index is 10.5. The Labute approximate surface area is 88.0 Å². The van der Waals surface area contributed by atoms with Gasteiger partial charge in [0.15, 0.2) is 0 Å². The molecule has 1 rings (SSSR count). The minimum absolute atomic E-state index is 0.0233. The summed E-state index contributed by atoms with van der Waals surface area (Å²) in [7, 11) is 0. The first-order valence-corrected chi connectivity index (χ1v) is 4.55. The van der Waals surface area contributed by atoms with Crippen LogP contribution in [0.3, 0.4) is 0 Å². The first-order valence-electron chi connectivity index (χ1n) is 3.38. The molecule has 0 aliphatic heterocycles. The zero-order chi connectivity index (χ0) is 10.0. The third kappa shape index (κ3) is 2.18. The van der Waals surface area contributed by atoms with Gasteiger partial charge in [0, 0.05) is 17.6 Å². The van der Waals surface area contributed by atoms with E-state index in [4.69, 9.17) is 17.3 Å². The van der Waals surface area contributed by atoms with E-state index in [-0.39, 0.29) is 12.2 Å². The van der Waals surface area contributed by atoms with E-state index in [0.717, 1.165) is 0 Å². The average Bonchev–Trinajstić information content (AvgIpc) is 2.03. The van der Waals surface area contributed by atoms with Gasteiger partial charge in [0.1, 0.15) is 0 Å². The van der Waals surface area contributed by atoms with Gasteiger partial charge in [-0.25, -0.2) is 0 Å². The smallest absolute Gasteiger partial charge is 0.283 e. The lowest BCUT2D eigenvalue weighted by atomic mass is 10.2. The Morgan fingerprint density at radius 3 is 2.69 bits per heavy atom. The van der Waals surface area contributed by atoms with Gasteiger partial charge in [-0.15, -0.1) is 0 Å². The molecule has 0 spiro atoms. The minimum Gasteiger partial charge on any atom is -0.326 e. The Kier molecular flexibility index (Phi) is 3.24. The standard InChI is InChI=1S/C7H6BrClN2O2/c8-5-2-6(9)4(3-10)1-7(5)11(12)13/h1-2H,3,10H2. The molecule has 0 fully saturated rings. The maximum absolute atomic E-state index is 10.5. The predicted octanol–water partition coefficient (Wildman–Crippen LogP) is 2.47. The molecule has 1 aromatic carbocycles. The minimum atomic E-state index is -0.487. The van der Waals surface area contributed by atoms with Crippen LogP contribution >= 0.6 is 27.5 Å². The fraction of sp³-hybridized carbons (Fsp3) is 0.143. The fourth-order valence-corrected chi connectivity index (χ4v) is 1.74. The normalized spacial score (nSPS) is 10.1. The van der Waals surface area contributed by atoms with Crippen LogP contribution in [-0.4, -0.2) is 4.92 Å². The second-order valence-corrected chi connectivity index (χ2v) is 3.62. The Bertz CT molecular complexity index is 357. The van der Waals surface area contributed by atoms with Crippen LogP contribution in [0.25, 0.3) is 0 Å². The van der Waals surface area contributed by atoms with Gasteiger partial charge in [-0.05, 0) is 27.6 Å². The molecule has 2 N–H and O–H groups in total. The summed E-state index contributed by atoms with van der Waals surface area (Å²) in [4.78, 5) is 10.0. The van der Waals surface area contributed by atoms with Gasteiger partial charge >= 0.3 is 0 Å². The van der Waals surface area contributed by atoms with Crippen molar-refractivity contribution < 1.29 is 4.92 Å². The summed E-state index contributed by atoms with van der Waals surface area (Å²) < 4.78 is 0.361. The lowest BCUT2D eigenvalue weighted by Crippen LogP contribution is -1.99. The topological polar surface area (TPSA) is 69.2 Å². The number of rotatable bonds is 2. The fourth-order valence-electron chi connectivity index (χ4n) is 0.877. The molecule has 0 radical (unpaired) electrons. The zero-order valence-corrected chi connectivity index (χ0v) is 8.80. The van der Waals surface area contributed by atoms with Gasteiger partial charge in [0.05, 0.1) is 9.40 Å². The molecule has 0 atom stereocenters. The van der Waals surface area contributed by atoms with E-state index in [2.05, 4.69) is 15.9 Å². The lowest BCUT2D eigenvalue weighted by Gasteiger charge is -2.01. The Hall–Kier alpha value is -0.650. The zero-order valence-electron chi connectivity index (χ0n) is 6.46. The third-order valence-electron chi connectivity index (χ3n) is 1.53. The van der Waals surface area contributed by atoms with Crippen molar-refractivity contribution in [2.45, 2.75) is 6.54 Å². The maximum Gasteiger partial charge on any atom is 0.283 e. The molecule has 0 saturated carbocycles. The molecule has 0 saturated heterocycles. The number of nitro benzene ring substituents is 1. The number of benzene rings is 1. The summed E-state index contributed by atoms with van der Waals surface area (Å²) in [6, 6.07) is 2.84. The summed E-state index contributed by atoms with van der Waals surface area (Å²) >= 11 is 8.82. The summed E-state index contributed by atoms with van der Waals surface area (Å²) in [5.41, 5.74) is 5.89. The second-order valence-electron chi connectivity index (χ2n) is 2.36. The summed E-state index contributed by atoms with van der Waals surface area (Å²) in [6.45, 7) is 0.187. The van der Waals surface area contributed by atoms with Gasteiger partial charge in [0.2, 0.25) is 0 Å². The van der Waals surface area contributed by atoms with Gasteiger partial charge < -0.3 is 5.73 Å². The molecule has 0 heterocycles. The Morgan fingerprint density at radius 1 is 1.62 bits per heavy atom. The van der Waals surface area contributed by atoms with Gasteiger partial charge in [-0.3, -0.25) is 10.1 Å². The van der Waals surface area contributed by atoms with E-state index in [9.17, 15) is 10.1 Å². The van der Waals surface area contributed by atoms with E-state index in [1.54, 1.807) is 0 Å². The van der Waals surface area contributed by atoms with Crippen molar-refractivity contribution in [3.63, 3.8) is 0 Å². The van der Waals surface area contributed by atoms with E-state index >= 15 is 0 Å². The highest BCUT2D eigenvalue weighted by Gasteiger charge is 2.14. The number of hydrogen-bond acceptors (Lipinski definition) is 3. The van der Waals surface area contributed by atoms with Crippen molar-refractivity contribution in [2.24, 2.45) is 5.73 Å². The van der Waals surface area contributed by atoms with Crippen LogP contribution in [0.4, 0.5) is 5.69 Å². The van der Waals surface area contributed by atoms with Gasteiger partial charge in [-0.1, -0.05) is 11.6 Å². The molecule has 0 amide bonds. The predicted molar refractivity (Wildman–Crippen MR) is 53.7 cm³/mol. The number of nitrogens with two attached hydrogens (primary N) is 1. The number of nitrogens with zero attached hydrogens (tertiary/aromatic N) is 1. The number of hydrogen-bond donors (Lipinski definition) is 1. The second kappa shape index (κ2) is 4.04. The monoisotopic (exact) mass is 264 g/mol. The van der Waals surface area contributed by atoms with E-state index < -0.39 is 4.92 Å². The van der Waals surface area contributed by atoms with Crippen LogP contribution < -0.4 is 5.73 Å². The molecule has 13 heavy (non-hydrogen) atoms. The van der Waals surface area contributed by atoms with Crippen LogP contribution in [0.5, 0.6) is 0 Å². The first kappa shape index (κ1) is 10.4. The molecule has 0 bridgehead atoms. The first-order chi connectivity index (χ1) is 6.06. The average molecular weight is 265 g/mol. The SMILES string of the molecule is NCc1cc([N+](=O)[O-])c(Br)cc1Cl. The molecule has 1 aromatic rings. The molecule has 0 aliphatic rings. The Balaban J connectivity index is 3.30. The lowest BCUT2D eigenvalue weighted by molar-refractivity contribution is -0.385. The number of halogens is 2. The van der Waals surface area contributed by atoms with E-state index in [1.807, 2.05) is 0 Å². The van der Waals surface area contributed by atoms with Crippen LogP contribution in [-0.2, 0) is 6.54 Å². The van der Waals surface area contributed by atoms with E-state index in [1.165, 1.54) is 12.1 Å². The molecule has 6 heteroatoms. The van der Waals surface area contributed by atoms with Crippen molar-refractivity contribution in [3.05, 3.63) is 37.3 Å². The van der Waals surface area contributed by atoms with Crippen molar-refractivity contribution >= 4 is 33.2 Å². The van der Waals surface area contributed by atoms with E-state index in [0.29, 0.717) is 15.1 Å². The molecule has 70 valence electrons. The van der Waals surface area contributed by atoms with Crippen molar-refractivity contribution in [1.29, 1.82) is 0 Å². The van der Waals surface area contributed by atoms with Crippen LogP contribution in [0.15, 0.2) is 16.6 Å². The highest BCUT2D eigenvalue weighted by Crippen LogP contribution is 2.30. The highest BCUT2D eigenvalue weighted by molar-refractivity contribution is 9.10. The molecular weight excluding hydrogens is 259 g/mol. The van der Waals surface area contributed by atoms with Crippen LogP contribution in [0.1, 0.15) is 5.56 Å². The molecule has 0 unspecified atom stereocenters. The summed E-state index contributed by atoms with van der Waals surface area (Å²) in [6.07, 6.45) is 0. The summed E-state index contributed by atoms with van der Waals surface area (Å²) in [5.74, 6) is 0. The molecule has 4 nitrogen and oxygen atoms in total. The molecular formula is C7H6BrClN2O2. The molecule has 0 aliphatic carbocycles. The van der Waals surface area contributed by atoms with Crippen molar-refractivity contribution in [3.8, 4) is 0 Å². The molecule has 0 aromatic heterocycles. The van der Waals surface area contributed by atoms with Gasteiger partial charge in [0.25, 0.3) is 5.69 Å². The number of nitro groups is 1. The van der Waals surface area contributed by atoms with Crippen LogP contribution in [0, 0.1) is 10.1 Å². The highest BCUT2D eigenvalue weighted by atomic mass is 79.9. The summed E-state index contributed by atoms with van der Waals surface area (Å²) in [5, 5.41) is 10.9. The van der Waals surface area contributed by atoms with Crippen molar-refractivity contribution in [1.82, 2.24) is 0 Å². The van der Waals surface area contributed by atoms with Crippen LogP contribution in [0.2, 0.25) is 5.02 Å². The largest absolute Gasteiger partial charge is 0.326 e. The third-order valence-corrected chi connectivity index (χ3v) is 2.52. The quantitative estimate of drug-likeness (QED) is 0.659. The van der Waals surface area contributed by atoms with Crippen molar-refractivity contribution in [2.75, 3.05) is 0 Å².